The maximum atomic E-state index is 5.94. The fraction of sp³-hybridized carbons (Fsp3) is 0.500. The summed E-state index contributed by atoms with van der Waals surface area (Å²) in [5.41, 5.74) is 2.32. The molecule has 0 aliphatic rings. The number of aromatic nitrogens is 2. The molecule has 19 heavy (non-hydrogen) atoms. The normalized spacial score (nSPS) is 12.8. The molecule has 2 aromatic rings. The van der Waals surface area contributed by atoms with Crippen LogP contribution in [0.3, 0.4) is 0 Å². The zero-order valence-corrected chi connectivity index (χ0v) is 13.2. The van der Waals surface area contributed by atoms with E-state index in [9.17, 15) is 0 Å². The van der Waals surface area contributed by atoms with Gasteiger partial charge in [0.15, 0.2) is 0 Å². The number of thiophene rings is 1. The number of rotatable bonds is 6. The summed E-state index contributed by atoms with van der Waals surface area (Å²) in [6.45, 7) is 8.25. The Labute approximate surface area is 123 Å². The molecule has 2 rings (SSSR count). The second-order valence-corrected chi connectivity index (χ2v) is 6.57. The van der Waals surface area contributed by atoms with E-state index in [0.29, 0.717) is 6.04 Å². The predicted molar refractivity (Wildman–Crippen MR) is 82.1 cm³/mol. The summed E-state index contributed by atoms with van der Waals surface area (Å²) in [6, 6.07) is 6.52. The van der Waals surface area contributed by atoms with Crippen molar-refractivity contribution in [2.45, 2.75) is 39.8 Å². The molecule has 0 saturated heterocycles. The summed E-state index contributed by atoms with van der Waals surface area (Å²) in [6.07, 6.45) is 1.07. The average molecular weight is 298 g/mol. The molecular weight excluding hydrogens is 278 g/mol. The van der Waals surface area contributed by atoms with E-state index >= 15 is 0 Å². The van der Waals surface area contributed by atoms with Gasteiger partial charge in [-0.15, -0.1) is 11.3 Å². The van der Waals surface area contributed by atoms with Gasteiger partial charge in [0.1, 0.15) is 0 Å². The minimum absolute atomic E-state index is 0.359. The van der Waals surface area contributed by atoms with E-state index in [1.807, 2.05) is 13.0 Å². The van der Waals surface area contributed by atoms with Crippen LogP contribution in [0.4, 0.5) is 0 Å². The highest BCUT2D eigenvalue weighted by molar-refractivity contribution is 7.16. The van der Waals surface area contributed by atoms with Crippen molar-refractivity contribution >= 4 is 22.9 Å². The number of nitrogens with zero attached hydrogens (tertiary/aromatic N) is 2. The van der Waals surface area contributed by atoms with Crippen LogP contribution in [0.15, 0.2) is 18.2 Å². The number of hydrogen-bond acceptors (Lipinski definition) is 3. The third-order valence-corrected chi connectivity index (χ3v) is 4.54. The van der Waals surface area contributed by atoms with Gasteiger partial charge in [-0.3, -0.25) is 4.68 Å². The van der Waals surface area contributed by atoms with Crippen molar-refractivity contribution in [2.24, 2.45) is 0 Å². The number of halogens is 1. The molecule has 3 nitrogen and oxygen atoms in total. The fourth-order valence-electron chi connectivity index (χ4n) is 2.11. The van der Waals surface area contributed by atoms with Crippen molar-refractivity contribution in [3.63, 3.8) is 0 Å². The summed E-state index contributed by atoms with van der Waals surface area (Å²) in [5, 5.41) is 7.98. The standard InChI is InChI=1S/C14H20ClN3S/c1-10-9-11(2)18(17-10)8-4-7-16-12(3)13-5-6-14(15)19-13/h5-6,9,12,16H,4,7-8H2,1-3H3. The maximum absolute atomic E-state index is 5.94. The molecule has 2 heterocycles. The van der Waals surface area contributed by atoms with E-state index < -0.39 is 0 Å². The van der Waals surface area contributed by atoms with Gasteiger partial charge in [0.25, 0.3) is 0 Å². The van der Waals surface area contributed by atoms with Crippen LogP contribution in [0.2, 0.25) is 4.34 Å². The lowest BCUT2D eigenvalue weighted by Crippen LogP contribution is -2.20. The lowest BCUT2D eigenvalue weighted by atomic mass is 10.2. The van der Waals surface area contributed by atoms with Gasteiger partial charge in [0.05, 0.1) is 10.0 Å². The molecule has 0 amide bonds. The summed E-state index contributed by atoms with van der Waals surface area (Å²) >= 11 is 7.59. The molecule has 1 atom stereocenters. The average Bonchev–Trinajstić information content (AvgIpc) is 2.91. The highest BCUT2D eigenvalue weighted by atomic mass is 35.5. The Bertz CT molecular complexity index is 533. The van der Waals surface area contributed by atoms with Crippen LogP contribution < -0.4 is 5.32 Å². The first kappa shape index (κ1) is 14.6. The summed E-state index contributed by atoms with van der Waals surface area (Å²) < 4.78 is 2.93. The molecule has 104 valence electrons. The second kappa shape index (κ2) is 6.55. The highest BCUT2D eigenvalue weighted by Gasteiger charge is 2.07. The monoisotopic (exact) mass is 297 g/mol. The van der Waals surface area contributed by atoms with Crippen LogP contribution in [0, 0.1) is 13.8 Å². The van der Waals surface area contributed by atoms with Crippen LogP contribution >= 0.6 is 22.9 Å². The Morgan fingerprint density at radius 1 is 1.42 bits per heavy atom. The van der Waals surface area contributed by atoms with Gasteiger partial charge >= 0.3 is 0 Å². The molecule has 0 aliphatic carbocycles. The van der Waals surface area contributed by atoms with Crippen molar-refractivity contribution in [3.8, 4) is 0 Å². The first-order valence-corrected chi connectivity index (χ1v) is 7.75. The van der Waals surface area contributed by atoms with E-state index in [1.54, 1.807) is 11.3 Å². The van der Waals surface area contributed by atoms with Crippen LogP contribution in [0.5, 0.6) is 0 Å². The molecule has 0 bridgehead atoms. The number of hydrogen-bond donors (Lipinski definition) is 1. The largest absolute Gasteiger partial charge is 0.309 e. The van der Waals surface area contributed by atoms with Crippen molar-refractivity contribution in [1.29, 1.82) is 0 Å². The minimum Gasteiger partial charge on any atom is -0.309 e. The Balaban J connectivity index is 1.73. The highest BCUT2D eigenvalue weighted by Crippen LogP contribution is 2.26. The van der Waals surface area contributed by atoms with E-state index in [0.717, 1.165) is 29.5 Å². The van der Waals surface area contributed by atoms with Gasteiger partial charge in [-0.2, -0.15) is 5.10 Å². The topological polar surface area (TPSA) is 29.9 Å². The van der Waals surface area contributed by atoms with Crippen LogP contribution in [-0.4, -0.2) is 16.3 Å². The molecule has 0 spiro atoms. The van der Waals surface area contributed by atoms with E-state index in [4.69, 9.17) is 11.6 Å². The summed E-state index contributed by atoms with van der Waals surface area (Å²) in [7, 11) is 0. The number of nitrogens with one attached hydrogen (secondary N) is 1. The maximum Gasteiger partial charge on any atom is 0.0931 e. The molecule has 0 aromatic carbocycles. The van der Waals surface area contributed by atoms with E-state index in [1.165, 1.54) is 10.6 Å². The van der Waals surface area contributed by atoms with Crippen molar-refractivity contribution in [3.05, 3.63) is 38.8 Å². The summed E-state index contributed by atoms with van der Waals surface area (Å²) in [5.74, 6) is 0. The molecule has 0 radical (unpaired) electrons. The Morgan fingerprint density at radius 2 is 2.21 bits per heavy atom. The third-order valence-electron chi connectivity index (χ3n) is 3.12. The van der Waals surface area contributed by atoms with Gasteiger partial charge in [-0.1, -0.05) is 11.6 Å². The van der Waals surface area contributed by atoms with Crippen molar-refractivity contribution < 1.29 is 0 Å². The smallest absolute Gasteiger partial charge is 0.0931 e. The Hall–Kier alpha value is -0.840. The van der Waals surface area contributed by atoms with Gasteiger partial charge < -0.3 is 5.32 Å². The van der Waals surface area contributed by atoms with Crippen LogP contribution in [0.1, 0.15) is 35.7 Å². The SMILES string of the molecule is Cc1cc(C)n(CCCNC(C)c2ccc(Cl)s2)n1. The van der Waals surface area contributed by atoms with E-state index in [-0.39, 0.29) is 0 Å². The van der Waals surface area contributed by atoms with Crippen molar-refractivity contribution in [2.75, 3.05) is 6.54 Å². The lowest BCUT2D eigenvalue weighted by molar-refractivity contribution is 0.503. The van der Waals surface area contributed by atoms with Crippen LogP contribution in [0.25, 0.3) is 0 Å². The molecule has 5 heteroatoms. The third kappa shape index (κ3) is 4.06. The molecule has 2 aromatic heterocycles. The molecular formula is C14H20ClN3S. The molecule has 0 fully saturated rings. The van der Waals surface area contributed by atoms with Crippen LogP contribution in [-0.2, 0) is 6.54 Å². The van der Waals surface area contributed by atoms with Gasteiger partial charge in [0, 0.05) is 23.2 Å². The molecule has 0 saturated carbocycles. The molecule has 1 N–H and O–H groups in total. The zero-order chi connectivity index (χ0) is 13.8. The predicted octanol–water partition coefficient (Wildman–Crippen LogP) is 3.96. The van der Waals surface area contributed by atoms with E-state index in [2.05, 4.69) is 41.1 Å². The summed E-state index contributed by atoms with van der Waals surface area (Å²) in [4.78, 5) is 1.29. The second-order valence-electron chi connectivity index (χ2n) is 4.82. The quantitative estimate of drug-likeness (QED) is 0.818. The van der Waals surface area contributed by atoms with Gasteiger partial charge in [-0.05, 0) is 51.9 Å². The Kier molecular flexibility index (Phi) is 5.02. The molecule has 0 aliphatic heterocycles. The van der Waals surface area contributed by atoms with Gasteiger partial charge in [0.2, 0.25) is 0 Å². The Morgan fingerprint density at radius 3 is 2.79 bits per heavy atom. The first-order valence-electron chi connectivity index (χ1n) is 6.56. The van der Waals surface area contributed by atoms with Crippen molar-refractivity contribution in [1.82, 2.24) is 15.1 Å². The number of aryl methyl sites for hydroxylation is 3. The van der Waals surface area contributed by atoms with Gasteiger partial charge in [-0.25, -0.2) is 0 Å². The molecule has 1 unspecified atom stereocenters. The fourth-order valence-corrected chi connectivity index (χ4v) is 3.20. The minimum atomic E-state index is 0.359. The first-order chi connectivity index (χ1) is 9.06. The lowest BCUT2D eigenvalue weighted by Gasteiger charge is -2.12. The zero-order valence-electron chi connectivity index (χ0n) is 11.6.